The van der Waals surface area contributed by atoms with Gasteiger partial charge >= 0.3 is 0 Å². The third kappa shape index (κ3) is 6.16. The van der Waals surface area contributed by atoms with Crippen LogP contribution in [-0.4, -0.2) is 27.4 Å². The molecule has 2 rings (SSSR count). The van der Waals surface area contributed by atoms with Crippen molar-refractivity contribution < 1.29 is 13.2 Å². The van der Waals surface area contributed by atoms with Crippen LogP contribution in [0.5, 0.6) is 0 Å². The van der Waals surface area contributed by atoms with Gasteiger partial charge in [-0.3, -0.25) is 4.79 Å². The number of nitrogens with one attached hydrogen (secondary N) is 2. The highest BCUT2D eigenvalue weighted by atomic mass is 35.5. The van der Waals surface area contributed by atoms with Crippen molar-refractivity contribution in [1.82, 2.24) is 10.0 Å². The summed E-state index contributed by atoms with van der Waals surface area (Å²) >= 11 is 5.77. The molecule has 0 spiro atoms. The average molecular weight is 365 g/mol. The van der Waals surface area contributed by atoms with Gasteiger partial charge < -0.3 is 5.32 Å². The summed E-state index contributed by atoms with van der Waals surface area (Å²) in [6.07, 6.45) is 1.47. The maximum Gasteiger partial charge on any atom is 0.251 e. The molecule has 0 aliphatic rings. The molecule has 2 aromatic rings. The lowest BCUT2D eigenvalue weighted by atomic mass is 10.2. The van der Waals surface area contributed by atoms with E-state index >= 15 is 0 Å². The molecule has 0 saturated heterocycles. The lowest BCUT2D eigenvalue weighted by Crippen LogP contribution is -2.33. The third-order valence-electron chi connectivity index (χ3n) is 3.06. The molecule has 0 heterocycles. The number of hydrogen-bond acceptors (Lipinski definition) is 3. The smallest absolute Gasteiger partial charge is 0.251 e. The van der Waals surface area contributed by atoms with Gasteiger partial charge in [-0.1, -0.05) is 41.9 Å². The number of rotatable bonds is 7. The molecule has 0 aliphatic carbocycles. The minimum atomic E-state index is -3.57. The number of sulfonamides is 1. The number of amides is 1. The second-order valence-corrected chi connectivity index (χ2v) is 7.00. The van der Waals surface area contributed by atoms with Crippen LogP contribution in [0.15, 0.2) is 60.0 Å². The number of carbonyl (C=O) groups excluding carboxylic acids is 1. The molecule has 24 heavy (non-hydrogen) atoms. The van der Waals surface area contributed by atoms with E-state index in [9.17, 15) is 13.2 Å². The highest BCUT2D eigenvalue weighted by Gasteiger charge is 2.06. The van der Waals surface area contributed by atoms with E-state index < -0.39 is 10.0 Å². The summed E-state index contributed by atoms with van der Waals surface area (Å²) in [5.41, 5.74) is 1.25. The van der Waals surface area contributed by atoms with Crippen LogP contribution in [0.4, 0.5) is 0 Å². The largest absolute Gasteiger partial charge is 0.351 e. The second-order valence-electron chi connectivity index (χ2n) is 4.92. The van der Waals surface area contributed by atoms with Gasteiger partial charge in [0.1, 0.15) is 0 Å². The van der Waals surface area contributed by atoms with E-state index in [1.807, 2.05) is 6.07 Å². The molecule has 2 aromatic carbocycles. The van der Waals surface area contributed by atoms with Gasteiger partial charge in [-0.2, -0.15) is 0 Å². The number of hydrogen-bond donors (Lipinski definition) is 2. The van der Waals surface area contributed by atoms with Crippen molar-refractivity contribution in [3.05, 3.63) is 76.2 Å². The molecule has 0 unspecified atom stereocenters. The van der Waals surface area contributed by atoms with Gasteiger partial charge in [-0.25, -0.2) is 13.1 Å². The molecule has 0 radical (unpaired) electrons. The first kappa shape index (κ1) is 18.2. The van der Waals surface area contributed by atoms with Crippen molar-refractivity contribution in [3.63, 3.8) is 0 Å². The minimum Gasteiger partial charge on any atom is -0.351 e. The Kier molecular flexibility index (Phi) is 6.54. The first-order chi connectivity index (χ1) is 11.5. The van der Waals surface area contributed by atoms with Gasteiger partial charge in [0.05, 0.1) is 0 Å². The topological polar surface area (TPSA) is 75.3 Å². The maximum absolute atomic E-state index is 11.8. The SMILES string of the molecule is O=C(NCCNS(=O)(=O)/C=C/c1ccc(Cl)cc1)c1ccccc1. The van der Waals surface area contributed by atoms with Crippen molar-refractivity contribution in [2.75, 3.05) is 13.1 Å². The highest BCUT2D eigenvalue weighted by molar-refractivity contribution is 7.92. The van der Waals surface area contributed by atoms with Crippen molar-refractivity contribution in [2.24, 2.45) is 0 Å². The zero-order valence-corrected chi connectivity index (χ0v) is 14.3. The summed E-state index contributed by atoms with van der Waals surface area (Å²) in [5.74, 6) is -0.244. The van der Waals surface area contributed by atoms with Crippen molar-refractivity contribution in [3.8, 4) is 0 Å². The Morgan fingerprint density at radius 3 is 2.33 bits per heavy atom. The average Bonchev–Trinajstić information content (AvgIpc) is 2.59. The zero-order valence-electron chi connectivity index (χ0n) is 12.8. The van der Waals surface area contributed by atoms with Gasteiger partial charge in [0.2, 0.25) is 10.0 Å². The highest BCUT2D eigenvalue weighted by Crippen LogP contribution is 2.11. The van der Waals surface area contributed by atoms with E-state index in [-0.39, 0.29) is 19.0 Å². The van der Waals surface area contributed by atoms with Crippen molar-refractivity contribution in [1.29, 1.82) is 0 Å². The quantitative estimate of drug-likeness (QED) is 0.742. The normalized spacial score (nSPS) is 11.5. The zero-order chi connectivity index (χ0) is 17.4. The Hall–Kier alpha value is -2.15. The Bertz CT molecular complexity index is 803. The van der Waals surface area contributed by atoms with Gasteiger partial charge in [0, 0.05) is 29.1 Å². The molecule has 7 heteroatoms. The summed E-state index contributed by atoms with van der Waals surface area (Å²) in [7, 11) is -3.57. The second kappa shape index (κ2) is 8.63. The number of benzene rings is 2. The third-order valence-corrected chi connectivity index (χ3v) is 4.41. The molecule has 0 fully saturated rings. The molecule has 0 saturated carbocycles. The Labute approximate surface area is 146 Å². The fourth-order valence-corrected chi connectivity index (χ4v) is 2.80. The van der Waals surface area contributed by atoms with Crippen LogP contribution >= 0.6 is 11.6 Å². The van der Waals surface area contributed by atoms with Crippen LogP contribution in [0.1, 0.15) is 15.9 Å². The van der Waals surface area contributed by atoms with E-state index in [1.54, 1.807) is 48.5 Å². The van der Waals surface area contributed by atoms with E-state index in [0.29, 0.717) is 10.6 Å². The summed E-state index contributed by atoms with van der Waals surface area (Å²) in [6, 6.07) is 15.5. The molecule has 126 valence electrons. The Morgan fingerprint density at radius 1 is 1.00 bits per heavy atom. The fourth-order valence-electron chi connectivity index (χ4n) is 1.85. The first-order valence-electron chi connectivity index (χ1n) is 7.23. The van der Waals surface area contributed by atoms with Crippen LogP contribution in [0.3, 0.4) is 0 Å². The lowest BCUT2D eigenvalue weighted by molar-refractivity contribution is 0.0954. The van der Waals surface area contributed by atoms with Crippen LogP contribution < -0.4 is 10.0 Å². The monoisotopic (exact) mass is 364 g/mol. The predicted molar refractivity (Wildman–Crippen MR) is 96.2 cm³/mol. The van der Waals surface area contributed by atoms with E-state index in [4.69, 9.17) is 11.6 Å². The summed E-state index contributed by atoms with van der Waals surface area (Å²) < 4.78 is 26.1. The predicted octanol–water partition coefficient (Wildman–Crippen LogP) is 2.66. The summed E-state index contributed by atoms with van der Waals surface area (Å²) in [6.45, 7) is 0.299. The van der Waals surface area contributed by atoms with Crippen molar-refractivity contribution >= 4 is 33.6 Å². The summed E-state index contributed by atoms with van der Waals surface area (Å²) in [4.78, 5) is 11.8. The van der Waals surface area contributed by atoms with Crippen LogP contribution in [0.2, 0.25) is 5.02 Å². The van der Waals surface area contributed by atoms with Crippen molar-refractivity contribution in [2.45, 2.75) is 0 Å². The molecule has 5 nitrogen and oxygen atoms in total. The molecule has 0 atom stereocenters. The molecular weight excluding hydrogens is 348 g/mol. The Balaban J connectivity index is 1.78. The molecule has 0 bridgehead atoms. The standard InChI is InChI=1S/C17H17ClN2O3S/c18-16-8-6-14(7-9-16)10-13-24(22,23)20-12-11-19-17(21)15-4-2-1-3-5-15/h1-10,13,20H,11-12H2,(H,19,21)/b13-10+. The van der Waals surface area contributed by atoms with Crippen LogP contribution in [0.25, 0.3) is 6.08 Å². The Morgan fingerprint density at radius 2 is 1.67 bits per heavy atom. The van der Waals surface area contributed by atoms with Gasteiger partial charge in [0.15, 0.2) is 0 Å². The van der Waals surface area contributed by atoms with Gasteiger partial charge in [-0.05, 0) is 35.9 Å². The summed E-state index contributed by atoms with van der Waals surface area (Å²) in [5, 5.41) is 4.31. The van der Waals surface area contributed by atoms with Crippen LogP contribution in [0, 0.1) is 0 Å². The minimum absolute atomic E-state index is 0.103. The molecule has 0 aromatic heterocycles. The molecule has 1 amide bonds. The molecular formula is C17H17ClN2O3S. The van der Waals surface area contributed by atoms with Gasteiger partial charge in [0.25, 0.3) is 5.91 Å². The van der Waals surface area contributed by atoms with E-state index in [2.05, 4.69) is 10.0 Å². The maximum atomic E-state index is 11.8. The molecule has 0 aliphatic heterocycles. The van der Waals surface area contributed by atoms with Crippen LogP contribution in [-0.2, 0) is 10.0 Å². The van der Waals surface area contributed by atoms with E-state index in [1.165, 1.54) is 6.08 Å². The lowest BCUT2D eigenvalue weighted by Gasteiger charge is -2.06. The number of halogens is 1. The van der Waals surface area contributed by atoms with E-state index in [0.717, 1.165) is 11.0 Å². The fraction of sp³-hybridized carbons (Fsp3) is 0.118. The molecule has 2 N–H and O–H groups in total. The number of carbonyl (C=O) groups is 1. The van der Waals surface area contributed by atoms with Gasteiger partial charge in [-0.15, -0.1) is 0 Å². The first-order valence-corrected chi connectivity index (χ1v) is 9.15.